The maximum absolute atomic E-state index is 11.2. The lowest BCUT2D eigenvalue weighted by molar-refractivity contribution is -0.383. The topological polar surface area (TPSA) is 93.8 Å². The number of anilines is 1. The smallest absolute Gasteiger partial charge is 0.278 e. The molecule has 1 N–H and O–H groups in total. The first-order chi connectivity index (χ1) is 11.3. The van der Waals surface area contributed by atoms with Crippen molar-refractivity contribution >= 4 is 44.8 Å². The van der Waals surface area contributed by atoms with Crippen LogP contribution in [0.5, 0.6) is 0 Å². The van der Waals surface area contributed by atoms with E-state index < -0.39 is 4.92 Å². The van der Waals surface area contributed by atoms with Gasteiger partial charge in [0.05, 0.1) is 15.8 Å². The molecule has 2 heterocycles. The van der Waals surface area contributed by atoms with Gasteiger partial charge < -0.3 is 5.32 Å². The zero-order valence-electron chi connectivity index (χ0n) is 13.3. The Bertz CT molecular complexity index is 904. The van der Waals surface area contributed by atoms with Crippen LogP contribution in [0.15, 0.2) is 39.7 Å². The predicted octanol–water partition coefficient (Wildman–Crippen LogP) is 4.36. The van der Waals surface area contributed by atoms with E-state index in [0.717, 1.165) is 14.4 Å². The van der Waals surface area contributed by atoms with E-state index in [0.29, 0.717) is 10.9 Å². The van der Waals surface area contributed by atoms with Crippen molar-refractivity contribution < 1.29 is 4.92 Å². The SMILES string of the molecule is CC(C)(C)Nc1nnc(Sc2ccc([N+](=O)[O-])c3cccnc23)s1. The summed E-state index contributed by atoms with van der Waals surface area (Å²) >= 11 is 2.85. The summed E-state index contributed by atoms with van der Waals surface area (Å²) in [6, 6.07) is 6.61. The van der Waals surface area contributed by atoms with Gasteiger partial charge in [-0.25, -0.2) is 0 Å². The lowest BCUT2D eigenvalue weighted by Crippen LogP contribution is -2.25. The molecule has 0 amide bonds. The van der Waals surface area contributed by atoms with Gasteiger partial charge in [-0.3, -0.25) is 15.1 Å². The quantitative estimate of drug-likeness (QED) is 0.545. The Morgan fingerprint density at radius 3 is 2.75 bits per heavy atom. The summed E-state index contributed by atoms with van der Waals surface area (Å²) in [6.45, 7) is 6.15. The molecule has 2 aromatic heterocycles. The highest BCUT2D eigenvalue weighted by Gasteiger charge is 2.18. The van der Waals surface area contributed by atoms with Crippen LogP contribution in [0, 0.1) is 10.1 Å². The van der Waals surface area contributed by atoms with Gasteiger partial charge in [-0.15, -0.1) is 10.2 Å². The van der Waals surface area contributed by atoms with Crippen LogP contribution in [0.3, 0.4) is 0 Å². The fourth-order valence-electron chi connectivity index (χ4n) is 2.09. The summed E-state index contributed by atoms with van der Waals surface area (Å²) in [7, 11) is 0. The minimum atomic E-state index is -0.394. The van der Waals surface area contributed by atoms with Crippen LogP contribution < -0.4 is 5.32 Å². The number of fused-ring (bicyclic) bond motifs is 1. The van der Waals surface area contributed by atoms with Crippen molar-refractivity contribution in [3.8, 4) is 0 Å². The van der Waals surface area contributed by atoms with E-state index >= 15 is 0 Å². The Morgan fingerprint density at radius 1 is 1.25 bits per heavy atom. The molecule has 0 atom stereocenters. The van der Waals surface area contributed by atoms with Crippen LogP contribution in [0.2, 0.25) is 0 Å². The molecule has 3 aromatic rings. The molecule has 0 aliphatic heterocycles. The number of hydrogen-bond donors (Lipinski definition) is 1. The summed E-state index contributed by atoms with van der Waals surface area (Å²) in [4.78, 5) is 15.9. The minimum Gasteiger partial charge on any atom is -0.355 e. The number of pyridine rings is 1. The lowest BCUT2D eigenvalue weighted by Gasteiger charge is -2.18. The highest BCUT2D eigenvalue weighted by Crippen LogP contribution is 2.38. The summed E-state index contributed by atoms with van der Waals surface area (Å²) in [5.74, 6) is 0. The summed E-state index contributed by atoms with van der Waals surface area (Å²) in [5, 5.41) is 24.0. The molecule has 24 heavy (non-hydrogen) atoms. The molecule has 1 aromatic carbocycles. The number of nitro groups is 1. The number of non-ortho nitro benzene ring substituents is 1. The van der Waals surface area contributed by atoms with E-state index in [4.69, 9.17) is 0 Å². The first-order valence-corrected chi connectivity index (χ1v) is 8.78. The maximum atomic E-state index is 11.2. The lowest BCUT2D eigenvalue weighted by atomic mass is 10.1. The predicted molar refractivity (Wildman–Crippen MR) is 95.8 cm³/mol. The normalized spacial score (nSPS) is 11.6. The third kappa shape index (κ3) is 3.62. The van der Waals surface area contributed by atoms with Crippen molar-refractivity contribution in [3.05, 3.63) is 40.6 Å². The second-order valence-electron chi connectivity index (χ2n) is 6.09. The zero-order valence-corrected chi connectivity index (χ0v) is 14.9. The molecule has 9 heteroatoms. The first-order valence-electron chi connectivity index (χ1n) is 7.15. The average Bonchev–Trinajstić information content (AvgIpc) is 2.92. The van der Waals surface area contributed by atoms with E-state index in [2.05, 4.69) is 41.3 Å². The Hall–Kier alpha value is -2.26. The summed E-state index contributed by atoms with van der Waals surface area (Å²) in [5.41, 5.74) is 0.551. The molecule has 124 valence electrons. The molecule has 0 aliphatic rings. The fraction of sp³-hybridized carbons (Fsp3) is 0.267. The van der Waals surface area contributed by atoms with Gasteiger partial charge in [0.15, 0.2) is 4.34 Å². The van der Waals surface area contributed by atoms with Crippen LogP contribution in [0.4, 0.5) is 10.8 Å². The molecule has 0 bridgehead atoms. The average molecular weight is 361 g/mol. The number of nitrogens with zero attached hydrogens (tertiary/aromatic N) is 4. The van der Waals surface area contributed by atoms with Gasteiger partial charge in [-0.05, 0) is 39.0 Å². The standard InChI is InChI=1S/C15H15N5O2S2/c1-15(2,3)17-13-18-19-14(24-13)23-11-7-6-10(20(21)22)9-5-4-8-16-12(9)11/h4-8H,1-3H3,(H,17,18). The fourth-order valence-corrected chi connectivity index (χ4v) is 4.11. The number of rotatable bonds is 4. The van der Waals surface area contributed by atoms with E-state index in [1.807, 2.05) is 0 Å². The Labute approximate surface area is 146 Å². The van der Waals surface area contributed by atoms with Crippen molar-refractivity contribution in [2.24, 2.45) is 0 Å². The third-order valence-corrected chi connectivity index (χ3v) is 4.93. The Balaban J connectivity index is 1.94. The van der Waals surface area contributed by atoms with Gasteiger partial charge in [0, 0.05) is 22.7 Å². The molecule has 0 unspecified atom stereocenters. The van der Waals surface area contributed by atoms with E-state index in [1.54, 1.807) is 24.4 Å². The number of hydrogen-bond acceptors (Lipinski definition) is 8. The highest BCUT2D eigenvalue weighted by molar-refractivity contribution is 8.01. The van der Waals surface area contributed by atoms with Crippen molar-refractivity contribution in [2.45, 2.75) is 35.5 Å². The van der Waals surface area contributed by atoms with Gasteiger partial charge in [-0.2, -0.15) is 0 Å². The number of benzene rings is 1. The molecule has 0 radical (unpaired) electrons. The number of nitrogens with one attached hydrogen (secondary N) is 1. The third-order valence-electron chi connectivity index (χ3n) is 2.99. The van der Waals surface area contributed by atoms with Gasteiger partial charge in [0.25, 0.3) is 5.69 Å². The van der Waals surface area contributed by atoms with Crippen LogP contribution in [-0.4, -0.2) is 25.6 Å². The van der Waals surface area contributed by atoms with Crippen molar-refractivity contribution in [2.75, 3.05) is 5.32 Å². The second kappa shape index (κ2) is 6.33. The molecule has 0 fully saturated rings. The Morgan fingerprint density at radius 2 is 2.04 bits per heavy atom. The maximum Gasteiger partial charge on any atom is 0.278 e. The van der Waals surface area contributed by atoms with E-state index in [9.17, 15) is 10.1 Å². The van der Waals surface area contributed by atoms with Gasteiger partial charge in [0.1, 0.15) is 0 Å². The molecule has 3 rings (SSSR count). The minimum absolute atomic E-state index is 0.0507. The zero-order chi connectivity index (χ0) is 17.3. The summed E-state index contributed by atoms with van der Waals surface area (Å²) in [6.07, 6.45) is 1.63. The molecular formula is C15H15N5O2S2. The molecular weight excluding hydrogens is 346 g/mol. The van der Waals surface area contributed by atoms with Crippen molar-refractivity contribution in [1.82, 2.24) is 15.2 Å². The van der Waals surface area contributed by atoms with Crippen LogP contribution >= 0.6 is 23.1 Å². The molecule has 0 aliphatic carbocycles. The summed E-state index contributed by atoms with van der Waals surface area (Å²) < 4.78 is 0.752. The monoisotopic (exact) mass is 361 g/mol. The van der Waals surface area contributed by atoms with Crippen LogP contribution in [0.1, 0.15) is 20.8 Å². The molecule has 0 spiro atoms. The van der Waals surface area contributed by atoms with E-state index in [1.165, 1.54) is 29.2 Å². The van der Waals surface area contributed by atoms with Gasteiger partial charge >= 0.3 is 0 Å². The molecule has 7 nitrogen and oxygen atoms in total. The van der Waals surface area contributed by atoms with Gasteiger partial charge in [0.2, 0.25) is 5.13 Å². The van der Waals surface area contributed by atoms with Crippen molar-refractivity contribution in [3.63, 3.8) is 0 Å². The second-order valence-corrected chi connectivity index (χ2v) is 8.36. The largest absolute Gasteiger partial charge is 0.355 e. The van der Waals surface area contributed by atoms with Crippen LogP contribution in [-0.2, 0) is 0 Å². The van der Waals surface area contributed by atoms with Crippen LogP contribution in [0.25, 0.3) is 10.9 Å². The van der Waals surface area contributed by atoms with Gasteiger partial charge in [-0.1, -0.05) is 23.1 Å². The van der Waals surface area contributed by atoms with E-state index in [-0.39, 0.29) is 11.2 Å². The number of nitro benzene ring substituents is 1. The molecule has 0 saturated heterocycles. The first kappa shape index (κ1) is 16.6. The molecule has 0 saturated carbocycles. The Kier molecular flexibility index (Phi) is 4.37. The number of aromatic nitrogens is 3. The highest BCUT2D eigenvalue weighted by atomic mass is 32.2. The van der Waals surface area contributed by atoms with Crippen molar-refractivity contribution in [1.29, 1.82) is 0 Å².